The molecule has 166 valence electrons. The number of unbranched alkanes of at least 4 members (excludes halogenated alkanes) is 3. The van der Waals surface area contributed by atoms with Crippen molar-refractivity contribution in [3.63, 3.8) is 0 Å². The summed E-state index contributed by atoms with van der Waals surface area (Å²) < 4.78 is 2.12. The molecular formula is C24H30N8. The predicted molar refractivity (Wildman–Crippen MR) is 124 cm³/mol. The number of pyridine rings is 1. The van der Waals surface area contributed by atoms with Gasteiger partial charge in [-0.3, -0.25) is 4.98 Å². The van der Waals surface area contributed by atoms with Gasteiger partial charge < -0.3 is 0 Å². The van der Waals surface area contributed by atoms with E-state index in [9.17, 15) is 0 Å². The van der Waals surface area contributed by atoms with E-state index >= 15 is 0 Å². The normalized spacial score (nSPS) is 11.2. The lowest BCUT2D eigenvalue weighted by Crippen LogP contribution is -2.07. The van der Waals surface area contributed by atoms with Crippen LogP contribution in [0.2, 0.25) is 0 Å². The molecule has 4 aromatic rings. The van der Waals surface area contributed by atoms with Crippen molar-refractivity contribution in [3.05, 3.63) is 59.9 Å². The van der Waals surface area contributed by atoms with E-state index < -0.39 is 0 Å². The Hall–Kier alpha value is -3.42. The lowest BCUT2D eigenvalue weighted by molar-refractivity contribution is 0.530. The average Bonchev–Trinajstić information content (AvgIpc) is 3.49. The summed E-state index contributed by atoms with van der Waals surface area (Å²) in [5.74, 6) is 2.65. The minimum absolute atomic E-state index is 0.631. The van der Waals surface area contributed by atoms with Gasteiger partial charge in [-0.2, -0.15) is 5.10 Å². The minimum Gasteiger partial charge on any atom is -0.264 e. The maximum atomic E-state index is 4.87. The molecule has 0 fully saturated rings. The van der Waals surface area contributed by atoms with E-state index in [-0.39, 0.29) is 0 Å². The third-order valence-electron chi connectivity index (χ3n) is 5.57. The van der Waals surface area contributed by atoms with Crippen molar-refractivity contribution in [3.8, 4) is 22.5 Å². The van der Waals surface area contributed by atoms with E-state index in [0.29, 0.717) is 5.82 Å². The highest BCUT2D eigenvalue weighted by Gasteiger charge is 2.13. The molecule has 4 rings (SSSR count). The number of benzene rings is 1. The molecule has 0 radical (unpaired) electrons. The number of H-pyrrole nitrogens is 1. The number of rotatable bonds is 11. The van der Waals surface area contributed by atoms with Crippen LogP contribution in [-0.4, -0.2) is 40.4 Å². The molecule has 0 aliphatic rings. The molecule has 0 unspecified atom stereocenters. The first kappa shape index (κ1) is 21.8. The maximum Gasteiger partial charge on any atom is 0.180 e. The monoisotopic (exact) mass is 430 g/mol. The molecular weight excluding hydrogens is 400 g/mol. The van der Waals surface area contributed by atoms with Crippen LogP contribution in [0.15, 0.2) is 42.7 Å². The van der Waals surface area contributed by atoms with Gasteiger partial charge in [-0.25, -0.2) is 14.8 Å². The Labute approximate surface area is 188 Å². The topological polar surface area (TPSA) is 98.1 Å². The first-order valence-electron chi connectivity index (χ1n) is 11.5. The molecule has 8 heteroatoms. The van der Waals surface area contributed by atoms with E-state index in [1.165, 1.54) is 18.4 Å². The molecule has 0 aliphatic heterocycles. The number of hydrogen-bond donors (Lipinski definition) is 1. The predicted octanol–water partition coefficient (Wildman–Crippen LogP) is 4.64. The van der Waals surface area contributed by atoms with Gasteiger partial charge in [0.05, 0.1) is 0 Å². The number of hydrogen-bond acceptors (Lipinski definition) is 6. The van der Waals surface area contributed by atoms with Gasteiger partial charge in [-0.15, -0.1) is 5.10 Å². The largest absolute Gasteiger partial charge is 0.264 e. The van der Waals surface area contributed by atoms with Crippen LogP contribution >= 0.6 is 0 Å². The number of nitrogens with zero attached hydrogens (tertiary/aromatic N) is 7. The van der Waals surface area contributed by atoms with Gasteiger partial charge in [-0.05, 0) is 40.5 Å². The van der Waals surface area contributed by atoms with Gasteiger partial charge in [0.25, 0.3) is 0 Å². The van der Waals surface area contributed by atoms with Gasteiger partial charge in [0.1, 0.15) is 5.82 Å². The number of nitrogens with one attached hydrogen (secondary N) is 1. The minimum atomic E-state index is 0.631. The Morgan fingerprint density at radius 2 is 1.78 bits per heavy atom. The molecule has 3 heterocycles. The van der Waals surface area contributed by atoms with Crippen molar-refractivity contribution < 1.29 is 0 Å². The van der Waals surface area contributed by atoms with Crippen molar-refractivity contribution in [2.45, 2.75) is 65.3 Å². The summed E-state index contributed by atoms with van der Waals surface area (Å²) in [6.45, 7) is 5.36. The molecule has 0 aliphatic carbocycles. The van der Waals surface area contributed by atoms with E-state index in [0.717, 1.165) is 67.0 Å². The van der Waals surface area contributed by atoms with Crippen LogP contribution < -0.4 is 0 Å². The standard InChI is InChI=1S/C24H30N8/c1-3-5-7-15-32-23(26-22(29-32)8-6-4-2)16-18-9-11-19(12-10-18)21-17-25-14-13-20(21)24-27-30-31-28-24/h9-14,17H,3-8,15-16H2,1-2H3,(H,27,28,30,31). The van der Waals surface area contributed by atoms with Crippen LogP contribution in [0.3, 0.4) is 0 Å². The molecule has 0 saturated carbocycles. The Bertz CT molecular complexity index is 1100. The van der Waals surface area contributed by atoms with Crippen molar-refractivity contribution in [2.24, 2.45) is 0 Å². The van der Waals surface area contributed by atoms with Gasteiger partial charge >= 0.3 is 0 Å². The first-order valence-corrected chi connectivity index (χ1v) is 11.5. The van der Waals surface area contributed by atoms with Gasteiger partial charge in [0.2, 0.25) is 0 Å². The number of aryl methyl sites for hydroxylation is 2. The van der Waals surface area contributed by atoms with Gasteiger partial charge in [-0.1, -0.05) is 57.4 Å². The summed E-state index contributed by atoms with van der Waals surface area (Å²) >= 11 is 0. The molecule has 0 atom stereocenters. The molecule has 8 nitrogen and oxygen atoms in total. The highest BCUT2D eigenvalue weighted by molar-refractivity contribution is 5.79. The Morgan fingerprint density at radius 1 is 0.938 bits per heavy atom. The highest BCUT2D eigenvalue weighted by Crippen LogP contribution is 2.29. The van der Waals surface area contributed by atoms with Crippen LogP contribution in [0.5, 0.6) is 0 Å². The fraction of sp³-hybridized carbons (Fsp3) is 0.417. The fourth-order valence-corrected chi connectivity index (χ4v) is 3.78. The molecule has 0 bridgehead atoms. The lowest BCUT2D eigenvalue weighted by Gasteiger charge is -2.09. The molecule has 1 N–H and O–H groups in total. The zero-order chi connectivity index (χ0) is 22.2. The summed E-state index contributed by atoms with van der Waals surface area (Å²) in [5, 5.41) is 19.1. The Kier molecular flexibility index (Phi) is 7.32. The van der Waals surface area contributed by atoms with E-state index in [4.69, 9.17) is 10.1 Å². The highest BCUT2D eigenvalue weighted by atomic mass is 15.5. The molecule has 0 spiro atoms. The van der Waals surface area contributed by atoms with Crippen LogP contribution in [0.4, 0.5) is 0 Å². The number of tetrazole rings is 1. The molecule has 0 saturated heterocycles. The second kappa shape index (κ2) is 10.7. The van der Waals surface area contributed by atoms with E-state index in [1.807, 2.05) is 12.3 Å². The lowest BCUT2D eigenvalue weighted by atomic mass is 9.99. The Balaban J connectivity index is 1.54. The van der Waals surface area contributed by atoms with Crippen LogP contribution in [0.25, 0.3) is 22.5 Å². The molecule has 32 heavy (non-hydrogen) atoms. The van der Waals surface area contributed by atoms with Gasteiger partial charge in [0, 0.05) is 42.9 Å². The van der Waals surface area contributed by atoms with Crippen molar-refractivity contribution >= 4 is 0 Å². The third-order valence-corrected chi connectivity index (χ3v) is 5.57. The fourth-order valence-electron chi connectivity index (χ4n) is 3.78. The zero-order valence-electron chi connectivity index (χ0n) is 18.8. The quantitative estimate of drug-likeness (QED) is 0.348. The Morgan fingerprint density at radius 3 is 2.53 bits per heavy atom. The summed E-state index contributed by atoms with van der Waals surface area (Å²) in [7, 11) is 0. The van der Waals surface area contributed by atoms with E-state index in [2.05, 4.69) is 68.4 Å². The summed E-state index contributed by atoms with van der Waals surface area (Å²) in [5.41, 5.74) is 4.20. The van der Waals surface area contributed by atoms with Crippen LogP contribution in [0.1, 0.15) is 63.2 Å². The number of aromatic nitrogens is 8. The summed E-state index contributed by atoms with van der Waals surface area (Å²) in [6, 6.07) is 10.5. The summed E-state index contributed by atoms with van der Waals surface area (Å²) in [6.07, 6.45) is 11.2. The smallest absolute Gasteiger partial charge is 0.180 e. The summed E-state index contributed by atoms with van der Waals surface area (Å²) in [4.78, 5) is 9.16. The van der Waals surface area contributed by atoms with Crippen molar-refractivity contribution in [2.75, 3.05) is 0 Å². The molecule has 0 amide bonds. The second-order valence-electron chi connectivity index (χ2n) is 8.02. The zero-order valence-corrected chi connectivity index (χ0v) is 18.8. The third kappa shape index (κ3) is 5.25. The SMILES string of the molecule is CCCCCn1nc(CCCC)nc1Cc1ccc(-c2cnccc2-c2nnn[nH]2)cc1. The van der Waals surface area contributed by atoms with Crippen LogP contribution in [-0.2, 0) is 19.4 Å². The first-order chi connectivity index (χ1) is 15.8. The van der Waals surface area contributed by atoms with Crippen molar-refractivity contribution in [1.82, 2.24) is 40.4 Å². The second-order valence-corrected chi connectivity index (χ2v) is 8.02. The van der Waals surface area contributed by atoms with Crippen LogP contribution in [0, 0.1) is 0 Å². The van der Waals surface area contributed by atoms with Crippen molar-refractivity contribution in [1.29, 1.82) is 0 Å². The number of aromatic amines is 1. The maximum absolute atomic E-state index is 4.87. The van der Waals surface area contributed by atoms with Gasteiger partial charge in [0.15, 0.2) is 11.6 Å². The van der Waals surface area contributed by atoms with E-state index in [1.54, 1.807) is 6.20 Å². The average molecular weight is 431 g/mol. The molecule has 3 aromatic heterocycles. The molecule has 1 aromatic carbocycles.